The second-order valence-electron chi connectivity index (χ2n) is 8.10. The van der Waals surface area contributed by atoms with Crippen LogP contribution < -0.4 is 4.90 Å². The van der Waals surface area contributed by atoms with E-state index in [1.54, 1.807) is 36.4 Å². The van der Waals surface area contributed by atoms with Gasteiger partial charge in [0.25, 0.3) is 5.78 Å². The number of aliphatic hydroxyl groups is 1. The molecule has 192 valence electrons. The van der Waals surface area contributed by atoms with Gasteiger partial charge in [-0.25, -0.2) is 4.39 Å². The van der Waals surface area contributed by atoms with Gasteiger partial charge in [0.2, 0.25) is 5.13 Å². The summed E-state index contributed by atoms with van der Waals surface area (Å²) in [6, 6.07) is 16.2. The molecule has 0 radical (unpaired) electrons. The third-order valence-corrected chi connectivity index (χ3v) is 8.94. The topological polar surface area (TPSA) is 83.4 Å². The van der Waals surface area contributed by atoms with Gasteiger partial charge in [0.1, 0.15) is 11.6 Å². The second-order valence-corrected chi connectivity index (χ2v) is 12.0. The zero-order valence-corrected chi connectivity index (χ0v) is 23.8. The van der Waals surface area contributed by atoms with Crippen molar-refractivity contribution in [3.05, 3.63) is 109 Å². The van der Waals surface area contributed by atoms with Gasteiger partial charge in [-0.05, 0) is 47.5 Å². The van der Waals surface area contributed by atoms with Crippen molar-refractivity contribution >= 4 is 84.8 Å². The number of aromatic nitrogens is 2. The van der Waals surface area contributed by atoms with E-state index in [4.69, 9.17) is 23.2 Å². The molecule has 0 aliphatic carbocycles. The highest BCUT2D eigenvalue weighted by molar-refractivity contribution is 9.10. The van der Waals surface area contributed by atoms with Crippen LogP contribution in [0.15, 0.2) is 81.1 Å². The number of thioether (sulfide) groups is 1. The highest BCUT2D eigenvalue weighted by Gasteiger charge is 2.48. The van der Waals surface area contributed by atoms with Gasteiger partial charge in [0.15, 0.2) is 4.34 Å². The predicted molar refractivity (Wildman–Crippen MR) is 151 cm³/mol. The van der Waals surface area contributed by atoms with Crippen LogP contribution >= 0.6 is 62.2 Å². The van der Waals surface area contributed by atoms with Gasteiger partial charge >= 0.3 is 5.91 Å². The zero-order valence-electron chi connectivity index (χ0n) is 19.1. The molecular weight excluding hydrogens is 636 g/mol. The molecule has 1 unspecified atom stereocenters. The fraction of sp³-hybridized carbons (Fsp3) is 0.0769. The van der Waals surface area contributed by atoms with Crippen molar-refractivity contribution in [2.24, 2.45) is 0 Å². The number of halogens is 4. The van der Waals surface area contributed by atoms with Crippen LogP contribution in [0, 0.1) is 5.82 Å². The Hall–Kier alpha value is -2.76. The fourth-order valence-electron chi connectivity index (χ4n) is 3.89. The minimum atomic E-state index is -1.03. The molecule has 1 N–H and O–H groups in total. The number of ketones is 1. The normalized spacial score (nSPS) is 16.8. The summed E-state index contributed by atoms with van der Waals surface area (Å²) in [7, 11) is 0. The molecule has 5 rings (SSSR count). The Morgan fingerprint density at radius 3 is 2.45 bits per heavy atom. The third kappa shape index (κ3) is 5.37. The number of hydrogen-bond donors (Lipinski definition) is 1. The van der Waals surface area contributed by atoms with E-state index in [0.717, 1.165) is 21.4 Å². The maximum atomic E-state index is 13.7. The minimum absolute atomic E-state index is 0.124. The van der Waals surface area contributed by atoms with Crippen molar-refractivity contribution in [2.75, 3.05) is 4.90 Å². The van der Waals surface area contributed by atoms with Gasteiger partial charge in [0, 0.05) is 25.8 Å². The molecule has 1 aliphatic heterocycles. The molecule has 1 aliphatic rings. The van der Waals surface area contributed by atoms with Crippen LogP contribution in [0.1, 0.15) is 22.7 Å². The summed E-state index contributed by atoms with van der Waals surface area (Å²) in [6.07, 6.45) is 0. The van der Waals surface area contributed by atoms with Gasteiger partial charge < -0.3 is 5.11 Å². The van der Waals surface area contributed by atoms with Crippen molar-refractivity contribution in [1.82, 2.24) is 10.2 Å². The van der Waals surface area contributed by atoms with Crippen molar-refractivity contribution in [3.8, 4) is 0 Å². The molecule has 2 heterocycles. The molecular formula is C26H15BrCl2FN3O3S2. The molecule has 0 saturated carbocycles. The van der Waals surface area contributed by atoms with Crippen molar-refractivity contribution in [3.63, 3.8) is 0 Å². The first-order valence-electron chi connectivity index (χ1n) is 11.0. The Morgan fingerprint density at radius 1 is 1.05 bits per heavy atom. The average Bonchev–Trinajstić information content (AvgIpc) is 3.46. The number of hydrogen-bond acceptors (Lipinski definition) is 7. The number of carbonyl (C=O) groups is 2. The Kier molecular flexibility index (Phi) is 7.88. The summed E-state index contributed by atoms with van der Waals surface area (Å²) in [5.74, 6) is -2.09. The second kappa shape index (κ2) is 11.2. The van der Waals surface area contributed by atoms with E-state index < -0.39 is 23.5 Å². The largest absolute Gasteiger partial charge is 0.507 e. The first-order chi connectivity index (χ1) is 18.2. The number of amides is 1. The first kappa shape index (κ1) is 26.8. The van der Waals surface area contributed by atoms with Crippen LogP contribution in [0.4, 0.5) is 9.52 Å². The van der Waals surface area contributed by atoms with E-state index in [2.05, 4.69) is 26.1 Å². The van der Waals surface area contributed by atoms with Crippen molar-refractivity contribution in [1.29, 1.82) is 0 Å². The van der Waals surface area contributed by atoms with Crippen LogP contribution in [0.25, 0.3) is 5.76 Å². The summed E-state index contributed by atoms with van der Waals surface area (Å²) < 4.78 is 15.1. The molecule has 1 aromatic heterocycles. The minimum Gasteiger partial charge on any atom is -0.507 e. The summed E-state index contributed by atoms with van der Waals surface area (Å²) in [5.41, 5.74) is 1.51. The van der Waals surface area contributed by atoms with Crippen LogP contribution in [0.5, 0.6) is 0 Å². The molecule has 1 amide bonds. The molecule has 3 aromatic carbocycles. The number of carbonyl (C=O) groups excluding carboxylic acids is 2. The third-order valence-electron chi connectivity index (χ3n) is 5.72. The zero-order chi connectivity index (χ0) is 27.0. The smallest absolute Gasteiger partial charge is 0.301 e. The van der Waals surface area contributed by atoms with Gasteiger partial charge in [-0.15, -0.1) is 10.2 Å². The van der Waals surface area contributed by atoms with Crippen molar-refractivity contribution < 1.29 is 19.1 Å². The summed E-state index contributed by atoms with van der Waals surface area (Å²) in [4.78, 5) is 27.7. The lowest BCUT2D eigenvalue weighted by atomic mass is 9.95. The first-order valence-corrected chi connectivity index (χ1v) is 14.3. The van der Waals surface area contributed by atoms with Crippen molar-refractivity contribution in [2.45, 2.75) is 16.1 Å². The molecule has 12 heteroatoms. The molecule has 6 nitrogen and oxygen atoms in total. The molecule has 1 atom stereocenters. The predicted octanol–water partition coefficient (Wildman–Crippen LogP) is 7.67. The van der Waals surface area contributed by atoms with E-state index in [-0.39, 0.29) is 16.5 Å². The van der Waals surface area contributed by atoms with E-state index in [1.807, 2.05) is 6.07 Å². The van der Waals surface area contributed by atoms with Gasteiger partial charge in [0.05, 0.1) is 11.6 Å². The summed E-state index contributed by atoms with van der Waals surface area (Å²) in [6.45, 7) is 0. The van der Waals surface area contributed by atoms with Gasteiger partial charge in [-0.1, -0.05) is 92.6 Å². The fourth-order valence-corrected chi connectivity index (χ4v) is 6.58. The van der Waals surface area contributed by atoms with Crippen LogP contribution in [-0.2, 0) is 15.3 Å². The maximum Gasteiger partial charge on any atom is 0.301 e. The average molecular weight is 651 g/mol. The number of Topliss-reactive ketones (excluding diaryl/α,β-unsaturated/α-hetero) is 1. The van der Waals surface area contributed by atoms with E-state index >= 15 is 0 Å². The van der Waals surface area contributed by atoms with E-state index in [1.165, 1.54) is 40.9 Å². The molecule has 1 fully saturated rings. The van der Waals surface area contributed by atoms with E-state index in [0.29, 0.717) is 31.3 Å². The highest BCUT2D eigenvalue weighted by atomic mass is 79.9. The highest BCUT2D eigenvalue weighted by Crippen LogP contribution is 2.44. The maximum absolute atomic E-state index is 13.7. The Labute approximate surface area is 243 Å². The molecule has 4 aromatic rings. The standard InChI is InChI=1S/C26H15BrCl2FN3O3S2/c27-16-6-1-14(2-7-16)22(34)20-21(13-4-9-18(30)10-5-13)33(24(36)23(20)35)25-31-32-26(38-25)37-12-15-3-8-17(28)11-19(15)29/h1-11,21,34H,12H2/b22-20-. The number of nitrogens with zero attached hydrogens (tertiary/aromatic N) is 3. The van der Waals surface area contributed by atoms with Crippen LogP contribution in [-0.4, -0.2) is 27.0 Å². The monoisotopic (exact) mass is 649 g/mol. The lowest BCUT2D eigenvalue weighted by Gasteiger charge is -2.22. The summed E-state index contributed by atoms with van der Waals surface area (Å²) in [5, 5.41) is 20.7. The molecule has 1 saturated heterocycles. The lowest BCUT2D eigenvalue weighted by molar-refractivity contribution is -0.132. The quantitative estimate of drug-likeness (QED) is 0.0758. The Morgan fingerprint density at radius 2 is 1.76 bits per heavy atom. The molecule has 38 heavy (non-hydrogen) atoms. The van der Waals surface area contributed by atoms with E-state index in [9.17, 15) is 19.1 Å². The SMILES string of the molecule is O=C1C(=O)N(c2nnc(SCc3ccc(Cl)cc3Cl)s2)C(c2ccc(F)cc2)/C1=C(/O)c1ccc(Br)cc1. The number of aliphatic hydroxyl groups excluding tert-OH is 1. The molecule has 0 spiro atoms. The summed E-state index contributed by atoms with van der Waals surface area (Å²) >= 11 is 18.0. The van der Waals surface area contributed by atoms with Crippen LogP contribution in [0.3, 0.4) is 0 Å². The van der Waals surface area contributed by atoms with Gasteiger partial charge in [-0.3, -0.25) is 14.5 Å². The Balaban J connectivity index is 1.52. The number of benzene rings is 3. The lowest BCUT2D eigenvalue weighted by Crippen LogP contribution is -2.29. The molecule has 0 bridgehead atoms. The van der Waals surface area contributed by atoms with Gasteiger partial charge in [-0.2, -0.15) is 0 Å². The number of anilines is 1. The number of rotatable bonds is 6. The Bertz CT molecular complexity index is 1580. The van der Waals surface area contributed by atoms with Crippen LogP contribution in [0.2, 0.25) is 10.0 Å².